The van der Waals surface area contributed by atoms with E-state index in [2.05, 4.69) is 45.0 Å². The van der Waals surface area contributed by atoms with Gasteiger partial charge in [-0.1, -0.05) is 36.0 Å². The van der Waals surface area contributed by atoms with Crippen LogP contribution < -0.4 is 20.5 Å². The van der Waals surface area contributed by atoms with Gasteiger partial charge in [0.25, 0.3) is 0 Å². The van der Waals surface area contributed by atoms with Gasteiger partial charge in [-0.15, -0.1) is 0 Å². The van der Waals surface area contributed by atoms with Crippen LogP contribution in [0, 0.1) is 0 Å². The van der Waals surface area contributed by atoms with Crippen LogP contribution in [0.15, 0.2) is 87.7 Å². The lowest BCUT2D eigenvalue weighted by molar-refractivity contribution is 0.252. The molecular weight excluding hydrogens is 394 g/mol. The van der Waals surface area contributed by atoms with E-state index in [0.717, 1.165) is 17.1 Å². The van der Waals surface area contributed by atoms with Crippen LogP contribution in [0.3, 0.4) is 0 Å². The fourth-order valence-corrected chi connectivity index (χ4v) is 4.30. The van der Waals surface area contributed by atoms with E-state index in [4.69, 9.17) is 0 Å². The highest BCUT2D eigenvalue weighted by Crippen LogP contribution is 2.47. The average molecular weight is 418 g/mol. The van der Waals surface area contributed by atoms with Gasteiger partial charge in [0.15, 0.2) is 0 Å². The molecule has 1 aliphatic heterocycles. The summed E-state index contributed by atoms with van der Waals surface area (Å²) in [6.45, 7) is 0.548. The summed E-state index contributed by atoms with van der Waals surface area (Å²) in [7, 11) is 3.95. The van der Waals surface area contributed by atoms with Crippen LogP contribution in [0.5, 0.6) is 0 Å². The molecule has 2 amide bonds. The Hall–Kier alpha value is -3.45. The van der Waals surface area contributed by atoms with E-state index in [9.17, 15) is 4.79 Å². The van der Waals surface area contributed by atoms with Crippen LogP contribution in [0.1, 0.15) is 0 Å². The molecule has 6 nitrogen and oxygen atoms in total. The molecule has 3 aromatic rings. The molecule has 0 radical (unpaired) electrons. The first-order valence-corrected chi connectivity index (χ1v) is 10.4. The second-order valence-electron chi connectivity index (χ2n) is 6.97. The Morgan fingerprint density at radius 1 is 0.967 bits per heavy atom. The maximum absolute atomic E-state index is 12.1. The summed E-state index contributed by atoms with van der Waals surface area (Å²) >= 11 is 1.77. The van der Waals surface area contributed by atoms with Gasteiger partial charge in [0.2, 0.25) is 0 Å². The Labute approximate surface area is 180 Å². The number of hydrogen-bond acceptors (Lipinski definition) is 5. The Balaban J connectivity index is 1.38. The number of fused-ring (bicyclic) bond motifs is 2. The molecule has 3 aromatic carbocycles. The molecule has 0 saturated heterocycles. The number of nitrogens with one attached hydrogen (secondary N) is 2. The number of carbonyl (C=O) groups excluding carboxylic acids is 1. The number of benzene rings is 3. The van der Waals surface area contributed by atoms with E-state index in [1.54, 1.807) is 18.0 Å². The van der Waals surface area contributed by atoms with E-state index in [-0.39, 0.29) is 6.03 Å². The largest absolute Gasteiger partial charge is 0.378 e. The van der Waals surface area contributed by atoms with Gasteiger partial charge in [0.1, 0.15) is 0 Å². The van der Waals surface area contributed by atoms with Crippen molar-refractivity contribution >= 4 is 46.8 Å². The third-order valence-electron chi connectivity index (χ3n) is 4.70. The van der Waals surface area contributed by atoms with Crippen LogP contribution in [0.4, 0.5) is 27.5 Å². The van der Waals surface area contributed by atoms with Gasteiger partial charge in [-0.05, 0) is 48.5 Å². The molecule has 0 aliphatic carbocycles. The number of urea groups is 1. The summed E-state index contributed by atoms with van der Waals surface area (Å²) in [5, 5.41) is 6.89. The SMILES string of the molecule is CN(C)c1ccc(NC(=O)N/N=C/CN2c3ccccc3Sc3ccccc32)cc1. The molecule has 0 unspecified atom stereocenters. The van der Waals surface area contributed by atoms with Crippen molar-refractivity contribution in [1.29, 1.82) is 0 Å². The van der Waals surface area contributed by atoms with Crippen molar-refractivity contribution in [2.24, 2.45) is 5.10 Å². The topological polar surface area (TPSA) is 60.0 Å². The molecule has 1 aliphatic rings. The van der Waals surface area contributed by atoms with Gasteiger partial charge in [0, 0.05) is 41.5 Å². The summed E-state index contributed by atoms with van der Waals surface area (Å²) in [4.78, 5) is 18.7. The minimum Gasteiger partial charge on any atom is -0.378 e. The predicted octanol–water partition coefficient (Wildman–Crippen LogP) is 5.16. The van der Waals surface area contributed by atoms with Gasteiger partial charge in [-0.3, -0.25) is 0 Å². The van der Waals surface area contributed by atoms with Crippen LogP contribution in [-0.4, -0.2) is 32.9 Å². The summed E-state index contributed by atoms with van der Waals surface area (Å²) in [6.07, 6.45) is 1.71. The van der Waals surface area contributed by atoms with E-state index in [0.29, 0.717) is 12.2 Å². The number of para-hydroxylation sites is 2. The fourth-order valence-electron chi connectivity index (χ4n) is 3.21. The summed E-state index contributed by atoms with van der Waals surface area (Å²) < 4.78 is 0. The lowest BCUT2D eigenvalue weighted by atomic mass is 10.2. The molecule has 0 bridgehead atoms. The van der Waals surface area contributed by atoms with E-state index < -0.39 is 0 Å². The molecule has 0 aromatic heterocycles. The zero-order valence-corrected chi connectivity index (χ0v) is 17.7. The van der Waals surface area contributed by atoms with Gasteiger partial charge in [0.05, 0.1) is 17.9 Å². The smallest absolute Gasteiger partial charge is 0.339 e. The van der Waals surface area contributed by atoms with Crippen molar-refractivity contribution in [2.75, 3.05) is 35.8 Å². The zero-order valence-electron chi connectivity index (χ0n) is 16.9. The highest BCUT2D eigenvalue weighted by molar-refractivity contribution is 7.99. The first-order chi connectivity index (χ1) is 14.6. The van der Waals surface area contributed by atoms with Crippen LogP contribution in [0.2, 0.25) is 0 Å². The second-order valence-corrected chi connectivity index (χ2v) is 8.05. The third kappa shape index (κ3) is 4.41. The maximum Gasteiger partial charge on any atom is 0.339 e. The van der Waals surface area contributed by atoms with Crippen molar-refractivity contribution in [2.45, 2.75) is 9.79 Å². The van der Waals surface area contributed by atoms with Gasteiger partial charge >= 0.3 is 6.03 Å². The molecule has 30 heavy (non-hydrogen) atoms. The van der Waals surface area contributed by atoms with Crippen molar-refractivity contribution in [1.82, 2.24) is 5.43 Å². The van der Waals surface area contributed by atoms with Crippen LogP contribution in [0.25, 0.3) is 0 Å². The number of hydrogen-bond donors (Lipinski definition) is 2. The number of amides is 2. The predicted molar refractivity (Wildman–Crippen MR) is 125 cm³/mol. The van der Waals surface area contributed by atoms with Crippen LogP contribution in [-0.2, 0) is 0 Å². The number of carbonyl (C=O) groups is 1. The zero-order chi connectivity index (χ0) is 20.9. The standard InChI is InChI=1S/C23H23N5OS/c1-27(2)18-13-11-17(12-14-18)25-23(29)26-24-15-16-28-19-7-3-5-9-21(19)30-22-10-6-4-8-20(22)28/h3-15H,16H2,1-2H3,(H2,25,26,29)/b24-15+. The first kappa shape index (κ1) is 19.8. The number of rotatable bonds is 5. The molecule has 0 atom stereocenters. The van der Waals surface area contributed by atoms with E-state index >= 15 is 0 Å². The van der Waals surface area contributed by atoms with Crippen molar-refractivity contribution in [3.05, 3.63) is 72.8 Å². The number of hydrazone groups is 1. The van der Waals surface area contributed by atoms with Crippen molar-refractivity contribution < 1.29 is 4.79 Å². The molecule has 7 heteroatoms. The second kappa shape index (κ2) is 8.92. The van der Waals surface area contributed by atoms with Crippen molar-refractivity contribution in [3.63, 3.8) is 0 Å². The summed E-state index contributed by atoms with van der Waals surface area (Å²) in [5.74, 6) is 0. The highest BCUT2D eigenvalue weighted by atomic mass is 32.2. The van der Waals surface area contributed by atoms with E-state index in [1.165, 1.54) is 9.79 Å². The third-order valence-corrected chi connectivity index (χ3v) is 5.83. The molecule has 1 heterocycles. The molecular formula is C23H23N5OS. The molecule has 0 fully saturated rings. The Kier molecular flexibility index (Phi) is 5.90. The first-order valence-electron chi connectivity index (χ1n) is 9.61. The molecule has 152 valence electrons. The van der Waals surface area contributed by atoms with Gasteiger partial charge < -0.3 is 15.1 Å². The molecule has 2 N–H and O–H groups in total. The Bertz CT molecular complexity index is 1020. The average Bonchev–Trinajstić information content (AvgIpc) is 2.76. The van der Waals surface area contributed by atoms with Gasteiger partial charge in [-0.2, -0.15) is 5.10 Å². The molecule has 0 spiro atoms. The van der Waals surface area contributed by atoms with Crippen molar-refractivity contribution in [3.8, 4) is 0 Å². The van der Waals surface area contributed by atoms with Gasteiger partial charge in [-0.25, -0.2) is 10.2 Å². The monoisotopic (exact) mass is 417 g/mol. The molecule has 0 saturated carbocycles. The minimum absolute atomic E-state index is 0.376. The highest BCUT2D eigenvalue weighted by Gasteiger charge is 2.21. The summed E-state index contributed by atoms with van der Waals surface area (Å²) in [6, 6.07) is 23.8. The maximum atomic E-state index is 12.1. The normalized spacial score (nSPS) is 12.3. The summed E-state index contributed by atoms with van der Waals surface area (Å²) in [5.41, 5.74) is 6.59. The Morgan fingerprint density at radius 3 is 2.17 bits per heavy atom. The number of nitrogens with zero attached hydrogens (tertiary/aromatic N) is 3. The molecule has 4 rings (SSSR count). The van der Waals surface area contributed by atoms with E-state index in [1.807, 2.05) is 67.5 Å². The lowest BCUT2D eigenvalue weighted by Crippen LogP contribution is -2.26. The quantitative estimate of drug-likeness (QED) is 0.445. The Morgan fingerprint density at radius 2 is 1.57 bits per heavy atom. The lowest BCUT2D eigenvalue weighted by Gasteiger charge is -2.31. The number of anilines is 4. The minimum atomic E-state index is -0.376. The van der Waals surface area contributed by atoms with Crippen LogP contribution >= 0.6 is 11.8 Å². The fraction of sp³-hybridized carbons (Fsp3) is 0.130.